The Morgan fingerprint density at radius 3 is 2.69 bits per heavy atom. The summed E-state index contributed by atoms with van der Waals surface area (Å²) in [4.78, 5) is 31.3. The Morgan fingerprint density at radius 1 is 1.17 bits per heavy atom. The van der Waals surface area contributed by atoms with Crippen LogP contribution in [0.4, 0.5) is 15.8 Å². The third-order valence-corrected chi connectivity index (χ3v) is 4.48. The molecule has 2 aromatic carbocycles. The van der Waals surface area contributed by atoms with Gasteiger partial charge in [0.1, 0.15) is 18.0 Å². The average Bonchev–Trinajstić information content (AvgIpc) is 3.14. The molecule has 144 valence electrons. The molecule has 1 N–H and O–H groups in total. The van der Waals surface area contributed by atoms with E-state index in [0.717, 1.165) is 23.2 Å². The van der Waals surface area contributed by atoms with E-state index >= 15 is 0 Å². The fraction of sp³-hybridized carbons (Fsp3) is 0.0500. The summed E-state index contributed by atoms with van der Waals surface area (Å²) in [7, 11) is 0. The molecule has 0 aliphatic heterocycles. The highest BCUT2D eigenvalue weighted by Crippen LogP contribution is 2.24. The number of nitrogens with one attached hydrogen (secondary N) is 1. The topological polar surface area (TPSA) is 103 Å². The number of pyridine rings is 1. The summed E-state index contributed by atoms with van der Waals surface area (Å²) in [6.07, 6.45) is 3.10. The molecule has 0 bridgehead atoms. The van der Waals surface area contributed by atoms with Crippen LogP contribution in [0.1, 0.15) is 15.9 Å². The summed E-state index contributed by atoms with van der Waals surface area (Å²) >= 11 is 0. The molecule has 9 heteroatoms. The first-order valence-electron chi connectivity index (χ1n) is 8.58. The fourth-order valence-corrected chi connectivity index (χ4v) is 2.93. The van der Waals surface area contributed by atoms with Gasteiger partial charge in [-0.3, -0.25) is 19.5 Å². The molecule has 0 fully saturated rings. The summed E-state index contributed by atoms with van der Waals surface area (Å²) in [5.41, 5.74) is 1.37. The van der Waals surface area contributed by atoms with Crippen LogP contribution >= 0.6 is 0 Å². The maximum Gasteiger partial charge on any atom is 0.276 e. The molecule has 4 rings (SSSR count). The fourth-order valence-electron chi connectivity index (χ4n) is 2.93. The largest absolute Gasteiger partial charge is 0.321 e. The second-order valence-electron chi connectivity index (χ2n) is 6.32. The van der Waals surface area contributed by atoms with Gasteiger partial charge in [0.05, 0.1) is 33.4 Å². The van der Waals surface area contributed by atoms with E-state index in [-0.39, 0.29) is 11.1 Å². The summed E-state index contributed by atoms with van der Waals surface area (Å²) < 4.78 is 15.7. The van der Waals surface area contributed by atoms with Crippen molar-refractivity contribution in [2.75, 3.05) is 5.32 Å². The van der Waals surface area contributed by atoms with Gasteiger partial charge in [-0.25, -0.2) is 14.4 Å². The van der Waals surface area contributed by atoms with Crippen LogP contribution in [0.3, 0.4) is 0 Å². The lowest BCUT2D eigenvalue weighted by Gasteiger charge is -2.08. The smallest absolute Gasteiger partial charge is 0.276 e. The number of carbonyl (C=O) groups excluding carboxylic acids is 1. The Labute approximate surface area is 163 Å². The minimum absolute atomic E-state index is 0.120. The minimum atomic E-state index is -0.815. The number of benzene rings is 2. The lowest BCUT2D eigenvalue weighted by molar-refractivity contribution is -0.385. The van der Waals surface area contributed by atoms with Gasteiger partial charge in [0.15, 0.2) is 0 Å². The molecule has 0 aliphatic carbocycles. The molecule has 0 saturated carbocycles. The highest BCUT2D eigenvalue weighted by Gasteiger charge is 2.19. The van der Waals surface area contributed by atoms with Crippen LogP contribution < -0.4 is 5.32 Å². The van der Waals surface area contributed by atoms with Gasteiger partial charge >= 0.3 is 0 Å². The Bertz CT molecular complexity index is 1250. The molecule has 4 aromatic rings. The van der Waals surface area contributed by atoms with E-state index in [2.05, 4.69) is 15.3 Å². The molecular formula is C20H14FN5O3. The van der Waals surface area contributed by atoms with Crippen molar-refractivity contribution in [2.45, 2.75) is 6.92 Å². The van der Waals surface area contributed by atoms with Gasteiger partial charge in [-0.2, -0.15) is 0 Å². The number of rotatable bonds is 4. The van der Waals surface area contributed by atoms with Crippen LogP contribution in [0, 0.1) is 22.9 Å². The number of fused-ring (bicyclic) bond motifs is 1. The van der Waals surface area contributed by atoms with Gasteiger partial charge in [0.25, 0.3) is 11.6 Å². The Morgan fingerprint density at radius 2 is 1.97 bits per heavy atom. The van der Waals surface area contributed by atoms with Gasteiger partial charge in [-0.05, 0) is 37.3 Å². The number of para-hydroxylation sites is 2. The molecule has 0 spiro atoms. The quantitative estimate of drug-likeness (QED) is 0.418. The Hall–Kier alpha value is -4.14. The van der Waals surface area contributed by atoms with Gasteiger partial charge in [-0.15, -0.1) is 0 Å². The molecule has 2 aromatic heterocycles. The highest BCUT2D eigenvalue weighted by atomic mass is 19.1. The van der Waals surface area contributed by atoms with Crippen molar-refractivity contribution in [1.29, 1.82) is 0 Å². The van der Waals surface area contributed by atoms with Crippen LogP contribution in [0.15, 0.2) is 61.1 Å². The monoisotopic (exact) mass is 391 g/mol. The van der Waals surface area contributed by atoms with Gasteiger partial charge in [-0.1, -0.05) is 12.1 Å². The van der Waals surface area contributed by atoms with Crippen molar-refractivity contribution < 1.29 is 14.1 Å². The molecular weight excluding hydrogens is 377 g/mol. The van der Waals surface area contributed by atoms with Gasteiger partial charge < -0.3 is 5.32 Å². The predicted molar refractivity (Wildman–Crippen MR) is 105 cm³/mol. The van der Waals surface area contributed by atoms with Crippen molar-refractivity contribution in [2.24, 2.45) is 0 Å². The summed E-state index contributed by atoms with van der Waals surface area (Å²) in [5.74, 6) is -0.881. The first-order valence-corrected chi connectivity index (χ1v) is 8.58. The van der Waals surface area contributed by atoms with Crippen LogP contribution in [0.5, 0.6) is 0 Å². The number of imidazole rings is 1. The van der Waals surface area contributed by atoms with E-state index < -0.39 is 22.3 Å². The zero-order valence-corrected chi connectivity index (χ0v) is 15.2. The van der Waals surface area contributed by atoms with Crippen molar-refractivity contribution in [3.8, 4) is 5.82 Å². The minimum Gasteiger partial charge on any atom is -0.321 e. The number of carbonyl (C=O) groups is 1. The van der Waals surface area contributed by atoms with Crippen LogP contribution in [-0.4, -0.2) is 25.4 Å². The molecule has 8 nitrogen and oxygen atoms in total. The van der Waals surface area contributed by atoms with Gasteiger partial charge in [0, 0.05) is 11.6 Å². The Balaban J connectivity index is 1.58. The second-order valence-corrected chi connectivity index (χ2v) is 6.32. The van der Waals surface area contributed by atoms with E-state index in [1.54, 1.807) is 23.0 Å². The van der Waals surface area contributed by atoms with Crippen LogP contribution in [0.2, 0.25) is 0 Å². The molecule has 2 heterocycles. The second kappa shape index (κ2) is 7.12. The number of amides is 1. The number of hydrogen-bond acceptors (Lipinski definition) is 5. The number of nitro groups is 1. The number of aromatic nitrogens is 3. The van der Waals surface area contributed by atoms with Crippen molar-refractivity contribution in [3.05, 3.63) is 88.1 Å². The number of anilines is 1. The number of nitro benzene ring substituents is 1. The SMILES string of the molecule is Cc1c(F)cc(C(=O)Nc2ccc(-n3cnc4ccccc43)nc2)cc1[N+](=O)[O-]. The van der Waals surface area contributed by atoms with E-state index in [9.17, 15) is 19.3 Å². The summed E-state index contributed by atoms with van der Waals surface area (Å²) in [6.45, 7) is 1.29. The lowest BCUT2D eigenvalue weighted by atomic mass is 10.1. The maximum atomic E-state index is 13.9. The van der Waals surface area contributed by atoms with Crippen molar-refractivity contribution in [1.82, 2.24) is 14.5 Å². The zero-order valence-electron chi connectivity index (χ0n) is 15.2. The molecule has 0 atom stereocenters. The average molecular weight is 391 g/mol. The molecule has 0 unspecified atom stereocenters. The molecule has 0 aliphatic rings. The van der Waals surface area contributed by atoms with Crippen LogP contribution in [0.25, 0.3) is 16.9 Å². The lowest BCUT2D eigenvalue weighted by Crippen LogP contribution is -2.13. The number of nitrogens with zero attached hydrogens (tertiary/aromatic N) is 4. The van der Waals surface area contributed by atoms with Crippen molar-refractivity contribution in [3.63, 3.8) is 0 Å². The molecule has 0 saturated heterocycles. The third-order valence-electron chi connectivity index (χ3n) is 4.48. The molecule has 1 amide bonds. The van der Waals surface area contributed by atoms with Crippen LogP contribution in [-0.2, 0) is 0 Å². The molecule has 29 heavy (non-hydrogen) atoms. The summed E-state index contributed by atoms with van der Waals surface area (Å²) in [6, 6.07) is 12.9. The molecule has 0 radical (unpaired) electrons. The van der Waals surface area contributed by atoms with E-state index in [0.29, 0.717) is 11.5 Å². The van der Waals surface area contributed by atoms with Crippen molar-refractivity contribution >= 4 is 28.3 Å². The standard InChI is InChI=1S/C20H14FN5O3/c1-12-15(21)8-13(9-18(12)26(28)29)20(27)24-14-6-7-19(22-10-14)25-11-23-16-4-2-3-5-17(16)25/h2-11H,1H3,(H,24,27). The highest BCUT2D eigenvalue weighted by molar-refractivity contribution is 6.04. The Kier molecular flexibility index (Phi) is 4.47. The predicted octanol–water partition coefficient (Wildman–Crippen LogP) is 4.03. The van der Waals surface area contributed by atoms with E-state index in [1.807, 2.05) is 24.3 Å². The van der Waals surface area contributed by atoms with E-state index in [1.165, 1.54) is 13.1 Å². The normalized spacial score (nSPS) is 10.8. The van der Waals surface area contributed by atoms with E-state index in [4.69, 9.17) is 0 Å². The third kappa shape index (κ3) is 3.41. The van der Waals surface area contributed by atoms with Gasteiger partial charge in [0.2, 0.25) is 0 Å². The zero-order chi connectivity index (χ0) is 20.5. The number of hydrogen-bond donors (Lipinski definition) is 1. The number of halogens is 1. The summed E-state index contributed by atoms with van der Waals surface area (Å²) in [5, 5.41) is 13.6. The maximum absolute atomic E-state index is 13.9. The first-order chi connectivity index (χ1) is 13.9. The first kappa shape index (κ1) is 18.2.